The number of hydrogen-bond donors (Lipinski definition) is 1. The van der Waals surface area contributed by atoms with Gasteiger partial charge in [0.05, 0.1) is 0 Å². The second-order valence-corrected chi connectivity index (χ2v) is 19.0. The molecule has 4 atom stereocenters. The molecular weight excluding hydrogens is 622 g/mol. The van der Waals surface area contributed by atoms with Gasteiger partial charge in [-0.05, 0) is 0 Å². The number of aromatic nitrogens is 2. The van der Waals surface area contributed by atoms with Crippen molar-refractivity contribution in [2.75, 3.05) is 13.3 Å². The van der Waals surface area contributed by atoms with E-state index in [0.29, 0.717) is 17.1 Å². The van der Waals surface area contributed by atoms with E-state index >= 15 is 0 Å². The number of benzene rings is 3. The van der Waals surface area contributed by atoms with Gasteiger partial charge in [-0.3, -0.25) is 0 Å². The summed E-state index contributed by atoms with van der Waals surface area (Å²) in [5.74, 6) is 3.24. The maximum atomic E-state index is 13.2. The van der Waals surface area contributed by atoms with E-state index in [2.05, 4.69) is 4.98 Å². The predicted octanol–water partition coefficient (Wildman–Crippen LogP) is 5.21. The van der Waals surface area contributed by atoms with Crippen LogP contribution in [0.2, 0.25) is 5.82 Å². The van der Waals surface area contributed by atoms with Gasteiger partial charge in [-0.15, -0.1) is 0 Å². The van der Waals surface area contributed by atoms with Crippen LogP contribution in [0, 0.1) is 6.92 Å². The number of rotatable bonds is 8. The zero-order chi connectivity index (χ0) is 29.5. The van der Waals surface area contributed by atoms with E-state index < -0.39 is 41.3 Å². The van der Waals surface area contributed by atoms with Crippen molar-refractivity contribution in [2.45, 2.75) is 43.2 Å². The first-order valence-corrected chi connectivity index (χ1v) is 19.6. The molecule has 1 saturated heterocycles. The average molecular weight is 654 g/mol. The third kappa shape index (κ3) is 5.24. The van der Waals surface area contributed by atoms with Gasteiger partial charge in [-0.2, -0.15) is 0 Å². The summed E-state index contributed by atoms with van der Waals surface area (Å²) in [6, 6.07) is 22.6. The van der Waals surface area contributed by atoms with Crippen molar-refractivity contribution in [1.29, 1.82) is 0 Å². The van der Waals surface area contributed by atoms with Crippen LogP contribution in [0.5, 0.6) is 11.5 Å². The number of hydrogen-bond acceptors (Lipinski definition) is 7. The monoisotopic (exact) mass is 654 g/mol. The molecule has 3 aromatic carbocycles. The van der Waals surface area contributed by atoms with E-state index in [4.69, 9.17) is 18.7 Å². The van der Waals surface area contributed by atoms with E-state index in [0.717, 1.165) is 16.7 Å². The van der Waals surface area contributed by atoms with Crippen LogP contribution in [0.15, 0.2) is 94.6 Å². The molecule has 2 aliphatic rings. The Morgan fingerprint density at radius 3 is 2.26 bits per heavy atom. The molecule has 0 bridgehead atoms. The summed E-state index contributed by atoms with van der Waals surface area (Å²) in [6.45, 7) is 3.32. The molecule has 0 unspecified atom stereocenters. The number of nitrogens with zero attached hydrogens (tertiary/aromatic N) is 1. The van der Waals surface area contributed by atoms with Crippen molar-refractivity contribution < 1.29 is 23.3 Å². The van der Waals surface area contributed by atoms with E-state index in [-0.39, 0.29) is 27.5 Å². The maximum absolute atomic E-state index is 13.2. The number of aryl methyl sites for hydroxylation is 1. The molecule has 218 valence electrons. The molecule has 0 aliphatic carbocycles. The Bertz CT molecular complexity index is 1730. The quantitative estimate of drug-likeness (QED) is 0.206. The Labute approximate surface area is 249 Å². The molecule has 11 heteroatoms. The molecular formula is C31H31N2O7PSe. The van der Waals surface area contributed by atoms with Gasteiger partial charge in [0.2, 0.25) is 0 Å². The van der Waals surface area contributed by atoms with Gasteiger partial charge in [-0.1, -0.05) is 0 Å². The third-order valence-corrected chi connectivity index (χ3v) is 13.7. The first kappa shape index (κ1) is 28.9. The molecule has 0 radical (unpaired) electrons. The van der Waals surface area contributed by atoms with Crippen LogP contribution in [0.4, 0.5) is 0 Å². The molecule has 3 heterocycles. The Morgan fingerprint density at radius 2 is 1.62 bits per heavy atom. The second kappa shape index (κ2) is 11.5. The second-order valence-electron chi connectivity index (χ2n) is 10.4. The topological polar surface area (TPSA) is 109 Å². The van der Waals surface area contributed by atoms with Gasteiger partial charge >= 0.3 is 250 Å². The summed E-state index contributed by atoms with van der Waals surface area (Å²) < 4.78 is 40.5. The standard InChI is InChI=1S/C31H31N2O7PSe/c1-20-18-33(30(35)32-29(20)34)28-17-26(40-41(2,36)42-3)27(39-28)19-37-31(21-11-5-4-6-12-21)22-13-7-9-15-24(22)38-25-16-10-8-14-23(25)31/h4-16,18,26-28H,17,19H2,1-3H3,(H,32,34,35)/t26-,27+,28+,41+/m0/s1. The number of nitrogens with one attached hydrogen (secondary N) is 1. The van der Waals surface area contributed by atoms with Crippen molar-refractivity contribution in [1.82, 2.24) is 9.55 Å². The van der Waals surface area contributed by atoms with Gasteiger partial charge < -0.3 is 0 Å². The predicted molar refractivity (Wildman–Crippen MR) is 160 cm³/mol. The van der Waals surface area contributed by atoms with E-state index in [1.54, 1.807) is 13.6 Å². The van der Waals surface area contributed by atoms with Gasteiger partial charge in [-0.25, -0.2) is 0 Å². The number of aromatic amines is 1. The Hall–Kier alpha value is -3.23. The van der Waals surface area contributed by atoms with Crippen LogP contribution in [-0.2, 0) is 24.2 Å². The fraction of sp³-hybridized carbons (Fsp3) is 0.290. The van der Waals surface area contributed by atoms with Crippen molar-refractivity contribution in [3.8, 4) is 11.5 Å². The van der Waals surface area contributed by atoms with Crippen LogP contribution in [0.3, 0.4) is 0 Å². The van der Waals surface area contributed by atoms with Crippen LogP contribution < -0.4 is 16.0 Å². The number of para-hydroxylation sites is 2. The van der Waals surface area contributed by atoms with Gasteiger partial charge in [0.25, 0.3) is 0 Å². The fourth-order valence-corrected chi connectivity index (χ4v) is 7.64. The van der Waals surface area contributed by atoms with Crippen LogP contribution in [0.25, 0.3) is 0 Å². The summed E-state index contributed by atoms with van der Waals surface area (Å²) in [4.78, 5) is 27.1. The summed E-state index contributed by atoms with van der Waals surface area (Å²) in [7, 11) is 0. The SMILES string of the molecule is C[Se][P@](C)(=O)O[C@H]1C[C@H](n2cc(C)c(=O)[nH]c2=O)O[C@@H]1COC1(c2ccccc2)c2ccccc2Oc2ccccc21. The van der Waals surface area contributed by atoms with Crippen molar-refractivity contribution in [3.05, 3.63) is 128 Å². The van der Waals surface area contributed by atoms with Crippen LogP contribution >= 0.6 is 6.06 Å². The molecule has 4 aromatic rings. The molecule has 0 amide bonds. The third-order valence-electron chi connectivity index (χ3n) is 7.69. The first-order chi connectivity index (χ1) is 20.2. The molecule has 2 aliphatic heterocycles. The molecule has 1 aromatic heterocycles. The van der Waals surface area contributed by atoms with E-state index in [1.165, 1.54) is 10.8 Å². The summed E-state index contributed by atoms with van der Waals surface area (Å²) >= 11 is -0.244. The molecule has 0 spiro atoms. The van der Waals surface area contributed by atoms with E-state index in [9.17, 15) is 14.2 Å². The van der Waals surface area contributed by atoms with Gasteiger partial charge in [0.1, 0.15) is 0 Å². The summed E-state index contributed by atoms with van der Waals surface area (Å²) in [5, 5.41) is 0. The van der Waals surface area contributed by atoms with Crippen LogP contribution in [0.1, 0.15) is 34.9 Å². The van der Waals surface area contributed by atoms with Gasteiger partial charge in [0, 0.05) is 0 Å². The molecule has 0 saturated carbocycles. The van der Waals surface area contributed by atoms with E-state index in [1.807, 2.05) is 84.7 Å². The summed E-state index contributed by atoms with van der Waals surface area (Å²) in [5.41, 5.74) is 0.894. The molecule has 9 nitrogen and oxygen atoms in total. The van der Waals surface area contributed by atoms with Crippen molar-refractivity contribution in [3.63, 3.8) is 0 Å². The minimum atomic E-state index is -2.88. The van der Waals surface area contributed by atoms with Crippen molar-refractivity contribution >= 4 is 20.6 Å². The number of H-pyrrole nitrogens is 1. The summed E-state index contributed by atoms with van der Waals surface area (Å²) in [6.07, 6.45) is -0.254. The Kier molecular flexibility index (Phi) is 7.87. The number of ether oxygens (including phenoxy) is 3. The number of fused-ring (bicyclic) bond motifs is 2. The zero-order valence-corrected chi connectivity index (χ0v) is 26.0. The molecule has 42 heavy (non-hydrogen) atoms. The fourth-order valence-electron chi connectivity index (χ4n) is 5.61. The molecule has 1 N–H and O–H groups in total. The zero-order valence-electron chi connectivity index (χ0n) is 23.4. The molecule has 6 rings (SSSR count). The van der Waals surface area contributed by atoms with Gasteiger partial charge in [0.15, 0.2) is 0 Å². The minimum absolute atomic E-state index is 0.0620. The van der Waals surface area contributed by atoms with Crippen LogP contribution in [-0.4, -0.2) is 49.5 Å². The Morgan fingerprint density at radius 1 is 1.00 bits per heavy atom. The van der Waals surface area contributed by atoms with Crippen molar-refractivity contribution in [2.24, 2.45) is 0 Å². The normalized spacial score (nSPS) is 22.0. The Balaban J connectivity index is 1.42. The average Bonchev–Trinajstić information content (AvgIpc) is 3.39. The first-order valence-electron chi connectivity index (χ1n) is 13.6. The molecule has 1 fully saturated rings.